The molecule has 0 aliphatic rings. The Labute approximate surface area is 132 Å². The van der Waals surface area contributed by atoms with Crippen molar-refractivity contribution >= 4 is 16.8 Å². The number of benzene rings is 1. The molecule has 2 heterocycles. The van der Waals surface area contributed by atoms with Crippen LogP contribution in [0.3, 0.4) is 0 Å². The predicted octanol–water partition coefficient (Wildman–Crippen LogP) is 1.99. The van der Waals surface area contributed by atoms with E-state index in [0.29, 0.717) is 5.82 Å². The molecule has 0 amide bonds. The number of carbonyl (C=O) groups is 1. The zero-order chi connectivity index (χ0) is 16.2. The number of hydrogen-bond donors (Lipinski definition) is 1. The van der Waals surface area contributed by atoms with Crippen LogP contribution in [0.25, 0.3) is 11.0 Å². The van der Waals surface area contributed by atoms with Crippen LogP contribution in [0.15, 0.2) is 53.5 Å². The molecule has 3 rings (SSSR count). The van der Waals surface area contributed by atoms with Crippen molar-refractivity contribution in [3.05, 3.63) is 64.8 Å². The molecule has 0 aliphatic heterocycles. The molecule has 0 fully saturated rings. The van der Waals surface area contributed by atoms with Crippen LogP contribution >= 0.6 is 0 Å². The number of nitrogens with zero attached hydrogens (tertiary/aromatic N) is 3. The van der Waals surface area contributed by atoms with Gasteiger partial charge in [0.25, 0.3) is 5.56 Å². The Morgan fingerprint density at radius 2 is 2.04 bits per heavy atom. The largest absolute Gasteiger partial charge is 0.340 e. The highest BCUT2D eigenvalue weighted by molar-refractivity contribution is 5.88. The van der Waals surface area contributed by atoms with E-state index in [1.54, 1.807) is 18.3 Å². The molecule has 1 aromatic carbocycles. The molecule has 0 saturated carbocycles. The first kappa shape index (κ1) is 14.7. The van der Waals surface area contributed by atoms with E-state index in [2.05, 4.69) is 9.97 Å². The van der Waals surface area contributed by atoms with Gasteiger partial charge >= 0.3 is 0 Å². The molecular formula is C17H14N4O2. The molecule has 6 nitrogen and oxygen atoms in total. The van der Waals surface area contributed by atoms with Crippen LogP contribution in [0, 0.1) is 11.3 Å². The van der Waals surface area contributed by atoms with Gasteiger partial charge in [-0.2, -0.15) is 5.26 Å². The summed E-state index contributed by atoms with van der Waals surface area (Å²) in [5.74, 6) is -0.872. The molecule has 0 radical (unpaired) electrons. The quantitative estimate of drug-likeness (QED) is 0.780. The van der Waals surface area contributed by atoms with E-state index < -0.39 is 5.92 Å². The summed E-state index contributed by atoms with van der Waals surface area (Å²) in [6.07, 6.45) is 1.72. The highest BCUT2D eigenvalue weighted by Crippen LogP contribution is 2.19. The third kappa shape index (κ3) is 3.04. The van der Waals surface area contributed by atoms with Gasteiger partial charge in [0.05, 0.1) is 17.1 Å². The van der Waals surface area contributed by atoms with Gasteiger partial charge in [-0.05, 0) is 18.2 Å². The van der Waals surface area contributed by atoms with E-state index in [1.807, 2.05) is 30.3 Å². The Morgan fingerprint density at radius 3 is 2.78 bits per heavy atom. The first-order valence-electron chi connectivity index (χ1n) is 7.21. The summed E-state index contributed by atoms with van der Waals surface area (Å²) in [5, 5.41) is 9.33. The minimum atomic E-state index is -0.957. The van der Waals surface area contributed by atoms with Crippen LogP contribution in [0.1, 0.15) is 18.2 Å². The molecule has 6 heteroatoms. The second kappa shape index (κ2) is 6.28. The predicted molar refractivity (Wildman–Crippen MR) is 84.8 cm³/mol. The SMILES string of the molecule is N#CC(C(=O)CCn1ccccc1=O)c1nc2ccccc2[nH]1. The molecule has 1 atom stereocenters. The molecule has 1 unspecified atom stereocenters. The fourth-order valence-corrected chi connectivity index (χ4v) is 2.42. The summed E-state index contributed by atoms with van der Waals surface area (Å²) >= 11 is 0. The minimum Gasteiger partial charge on any atom is -0.340 e. The lowest BCUT2D eigenvalue weighted by Crippen LogP contribution is -2.21. The van der Waals surface area contributed by atoms with Crippen molar-refractivity contribution in [1.29, 1.82) is 5.26 Å². The summed E-state index contributed by atoms with van der Waals surface area (Å²) in [4.78, 5) is 31.3. The number of nitrogens with one attached hydrogen (secondary N) is 1. The number of aryl methyl sites for hydroxylation is 1. The maximum Gasteiger partial charge on any atom is 0.250 e. The Bertz CT molecular complexity index is 916. The molecule has 2 aromatic heterocycles. The molecule has 23 heavy (non-hydrogen) atoms. The van der Waals surface area contributed by atoms with Crippen LogP contribution in [0.5, 0.6) is 0 Å². The van der Waals surface area contributed by atoms with Gasteiger partial charge in [0.1, 0.15) is 5.82 Å². The van der Waals surface area contributed by atoms with E-state index in [0.717, 1.165) is 11.0 Å². The lowest BCUT2D eigenvalue weighted by molar-refractivity contribution is -0.119. The van der Waals surface area contributed by atoms with Gasteiger partial charge in [0.15, 0.2) is 11.7 Å². The first-order chi connectivity index (χ1) is 11.2. The smallest absolute Gasteiger partial charge is 0.250 e. The molecule has 3 aromatic rings. The minimum absolute atomic E-state index is 0.0964. The number of aromatic amines is 1. The Morgan fingerprint density at radius 1 is 1.26 bits per heavy atom. The zero-order valence-corrected chi connectivity index (χ0v) is 12.3. The van der Waals surface area contributed by atoms with Gasteiger partial charge in [-0.3, -0.25) is 9.59 Å². The summed E-state index contributed by atoms with van der Waals surface area (Å²) in [5.41, 5.74) is 1.34. The van der Waals surface area contributed by atoms with Crippen molar-refractivity contribution in [2.45, 2.75) is 18.9 Å². The van der Waals surface area contributed by atoms with Crippen molar-refractivity contribution in [2.75, 3.05) is 0 Å². The number of fused-ring (bicyclic) bond motifs is 1. The molecule has 1 N–H and O–H groups in total. The number of hydrogen-bond acceptors (Lipinski definition) is 4. The zero-order valence-electron chi connectivity index (χ0n) is 12.3. The van der Waals surface area contributed by atoms with Crippen molar-refractivity contribution < 1.29 is 4.79 Å². The fourth-order valence-electron chi connectivity index (χ4n) is 2.42. The third-order valence-electron chi connectivity index (χ3n) is 3.63. The van der Waals surface area contributed by atoms with Gasteiger partial charge in [0.2, 0.25) is 0 Å². The van der Waals surface area contributed by atoms with Crippen LogP contribution in [0.4, 0.5) is 0 Å². The standard InChI is InChI=1S/C17H14N4O2/c18-11-12(17-19-13-5-1-2-6-14(13)20-17)15(22)8-10-21-9-4-3-7-16(21)23/h1-7,9,12H,8,10H2,(H,19,20). The maximum atomic E-state index is 12.3. The van der Waals surface area contributed by atoms with Crippen LogP contribution in [-0.2, 0) is 11.3 Å². The lowest BCUT2D eigenvalue weighted by Gasteiger charge is -2.07. The van der Waals surface area contributed by atoms with Crippen molar-refractivity contribution in [2.24, 2.45) is 0 Å². The molecule has 0 spiro atoms. The Balaban J connectivity index is 1.78. The first-order valence-corrected chi connectivity index (χ1v) is 7.21. The molecule has 0 aliphatic carbocycles. The van der Waals surface area contributed by atoms with E-state index in [9.17, 15) is 14.9 Å². The average Bonchev–Trinajstić information content (AvgIpc) is 2.98. The van der Waals surface area contributed by atoms with Crippen molar-refractivity contribution in [3.63, 3.8) is 0 Å². The van der Waals surface area contributed by atoms with Gasteiger partial charge in [-0.1, -0.05) is 18.2 Å². The fraction of sp³-hybridized carbons (Fsp3) is 0.176. The van der Waals surface area contributed by atoms with Crippen LogP contribution < -0.4 is 5.56 Å². The lowest BCUT2D eigenvalue weighted by atomic mass is 10.0. The average molecular weight is 306 g/mol. The van der Waals surface area contributed by atoms with E-state index in [-0.39, 0.29) is 24.3 Å². The second-order valence-corrected chi connectivity index (χ2v) is 5.15. The monoisotopic (exact) mass is 306 g/mol. The van der Waals surface area contributed by atoms with Crippen LogP contribution in [0.2, 0.25) is 0 Å². The number of H-pyrrole nitrogens is 1. The van der Waals surface area contributed by atoms with Gasteiger partial charge in [-0.15, -0.1) is 0 Å². The van der Waals surface area contributed by atoms with Crippen molar-refractivity contribution in [1.82, 2.24) is 14.5 Å². The normalized spacial score (nSPS) is 12.0. The number of aromatic nitrogens is 3. The van der Waals surface area contributed by atoms with E-state index >= 15 is 0 Å². The van der Waals surface area contributed by atoms with E-state index in [4.69, 9.17) is 0 Å². The highest BCUT2D eigenvalue weighted by atomic mass is 16.1. The van der Waals surface area contributed by atoms with Crippen LogP contribution in [-0.4, -0.2) is 20.3 Å². The number of para-hydroxylation sites is 2. The maximum absolute atomic E-state index is 12.3. The number of carbonyl (C=O) groups excluding carboxylic acids is 1. The molecule has 0 saturated heterocycles. The number of imidazole rings is 1. The second-order valence-electron chi connectivity index (χ2n) is 5.15. The number of nitriles is 1. The summed E-state index contributed by atoms with van der Waals surface area (Å²) in [6, 6.07) is 14.2. The summed E-state index contributed by atoms with van der Waals surface area (Å²) in [6.45, 7) is 0.247. The molecule has 114 valence electrons. The van der Waals surface area contributed by atoms with E-state index in [1.165, 1.54) is 10.6 Å². The summed E-state index contributed by atoms with van der Waals surface area (Å²) < 4.78 is 1.45. The Hall–Kier alpha value is -3.20. The number of rotatable bonds is 5. The van der Waals surface area contributed by atoms with Crippen molar-refractivity contribution in [3.8, 4) is 6.07 Å². The Kier molecular flexibility index (Phi) is 4.02. The molecular weight excluding hydrogens is 292 g/mol. The number of ketones is 1. The topological polar surface area (TPSA) is 91.5 Å². The molecule has 0 bridgehead atoms. The van der Waals surface area contributed by atoms with Gasteiger partial charge < -0.3 is 9.55 Å². The summed E-state index contributed by atoms with van der Waals surface area (Å²) in [7, 11) is 0. The number of Topliss-reactive ketones (excluding diaryl/α,β-unsaturated/α-hetero) is 1. The third-order valence-corrected chi connectivity index (χ3v) is 3.63. The highest BCUT2D eigenvalue weighted by Gasteiger charge is 2.23. The number of pyridine rings is 1. The van der Waals surface area contributed by atoms with Gasteiger partial charge in [0, 0.05) is 25.2 Å². The van der Waals surface area contributed by atoms with Gasteiger partial charge in [-0.25, -0.2) is 4.98 Å².